The van der Waals surface area contributed by atoms with Crippen LogP contribution in [0, 0.1) is 10.6 Å². The van der Waals surface area contributed by atoms with Crippen molar-refractivity contribution in [2.24, 2.45) is 0 Å². The van der Waals surface area contributed by atoms with Gasteiger partial charge in [0.15, 0.2) is 0 Å². The van der Waals surface area contributed by atoms with Crippen LogP contribution in [0.1, 0.15) is 6.92 Å². The van der Waals surface area contributed by atoms with E-state index in [1.165, 1.54) is 18.2 Å². The molecule has 0 aromatic heterocycles. The summed E-state index contributed by atoms with van der Waals surface area (Å²) in [6.07, 6.45) is 0. The highest BCUT2D eigenvalue weighted by molar-refractivity contribution is 7.92. The molecule has 0 aliphatic carbocycles. The van der Waals surface area contributed by atoms with Crippen LogP contribution in [0.2, 0.25) is 0 Å². The average Bonchev–Trinajstić information content (AvgIpc) is 2.05. The van der Waals surface area contributed by atoms with Gasteiger partial charge in [-0.15, -0.1) is 0 Å². The molecule has 4 heteroatoms. The second-order valence-corrected chi connectivity index (χ2v) is 4.82. The van der Waals surface area contributed by atoms with E-state index in [1.807, 2.05) is 0 Å². The van der Waals surface area contributed by atoms with Crippen LogP contribution in [0.3, 0.4) is 0 Å². The van der Waals surface area contributed by atoms with Gasteiger partial charge in [0.05, 0.1) is 14.6 Å². The summed E-state index contributed by atoms with van der Waals surface area (Å²) in [5.41, 5.74) is 0. The predicted molar refractivity (Wildman–Crippen MR) is 46.1 cm³/mol. The summed E-state index contributed by atoms with van der Waals surface area (Å²) in [5, 5.41) is 0. The summed E-state index contributed by atoms with van der Waals surface area (Å²) in [6.45, 7) is 1.65. The number of rotatable bonds is 2. The molecule has 0 heterocycles. The molecule has 66 valence electrons. The van der Waals surface area contributed by atoms with Crippen molar-refractivity contribution in [2.75, 3.05) is 5.75 Å². The minimum atomic E-state index is -2.76. The highest BCUT2D eigenvalue weighted by Gasteiger charge is 2.06. The van der Waals surface area contributed by atoms with Crippen LogP contribution in [0.25, 0.3) is 0 Å². The Kier molecular flexibility index (Phi) is 2.47. The second-order valence-electron chi connectivity index (χ2n) is 2.42. The number of nitrogens with one attached hydrogen (secondary N) is 1. The maximum Gasteiger partial charge on any atom is 0.124 e. The normalized spacial score (nSPS) is 15.5. The smallest absolute Gasteiger partial charge is 0.124 e. The first-order valence-electron chi connectivity index (χ1n) is 3.58. The van der Waals surface area contributed by atoms with E-state index < -0.39 is 15.5 Å². The van der Waals surface area contributed by atoms with Crippen LogP contribution in [0.4, 0.5) is 4.39 Å². The number of benzene rings is 1. The molecular weight excluding hydrogens is 177 g/mol. The molecule has 1 rings (SSSR count). The van der Waals surface area contributed by atoms with Crippen molar-refractivity contribution in [3.8, 4) is 0 Å². The van der Waals surface area contributed by atoms with Crippen molar-refractivity contribution in [1.29, 1.82) is 4.78 Å². The molecule has 2 nitrogen and oxygen atoms in total. The molecular formula is C8H10FNOS. The van der Waals surface area contributed by atoms with E-state index in [-0.39, 0.29) is 10.6 Å². The molecule has 0 amide bonds. The van der Waals surface area contributed by atoms with Gasteiger partial charge in [-0.1, -0.05) is 13.0 Å². The molecule has 0 aliphatic rings. The third kappa shape index (κ3) is 1.82. The molecule has 0 saturated heterocycles. The van der Waals surface area contributed by atoms with E-state index >= 15 is 0 Å². The summed E-state index contributed by atoms with van der Waals surface area (Å²) in [7, 11) is -2.76. The van der Waals surface area contributed by atoms with Gasteiger partial charge in [-0.25, -0.2) is 13.4 Å². The van der Waals surface area contributed by atoms with Crippen LogP contribution in [0.15, 0.2) is 29.2 Å². The van der Waals surface area contributed by atoms with Gasteiger partial charge in [-0.05, 0) is 18.2 Å². The van der Waals surface area contributed by atoms with Crippen molar-refractivity contribution in [3.05, 3.63) is 30.1 Å². The Morgan fingerprint density at radius 1 is 1.58 bits per heavy atom. The lowest BCUT2D eigenvalue weighted by Crippen LogP contribution is -2.01. The maximum absolute atomic E-state index is 12.6. The lowest BCUT2D eigenvalue weighted by molar-refractivity contribution is 0.622. The Labute approximate surface area is 71.4 Å². The lowest BCUT2D eigenvalue weighted by Gasteiger charge is -2.03. The van der Waals surface area contributed by atoms with Crippen molar-refractivity contribution in [2.45, 2.75) is 11.8 Å². The first kappa shape index (κ1) is 9.19. The van der Waals surface area contributed by atoms with Gasteiger partial charge >= 0.3 is 0 Å². The largest absolute Gasteiger partial charge is 0.249 e. The van der Waals surface area contributed by atoms with Gasteiger partial charge in [-0.2, -0.15) is 0 Å². The molecule has 1 aromatic rings. The molecule has 1 aromatic carbocycles. The Balaban J connectivity index is 3.21. The highest BCUT2D eigenvalue weighted by atomic mass is 32.2. The SMILES string of the molecule is CC[S@@](=N)(=O)c1cccc(F)c1. The van der Waals surface area contributed by atoms with Crippen LogP contribution in [-0.2, 0) is 9.73 Å². The Morgan fingerprint density at radius 2 is 2.25 bits per heavy atom. The zero-order chi connectivity index (χ0) is 9.19. The zero-order valence-electron chi connectivity index (χ0n) is 6.71. The van der Waals surface area contributed by atoms with Gasteiger partial charge in [0.2, 0.25) is 0 Å². The summed E-state index contributed by atoms with van der Waals surface area (Å²) >= 11 is 0. The molecule has 12 heavy (non-hydrogen) atoms. The van der Waals surface area contributed by atoms with E-state index in [9.17, 15) is 8.60 Å². The minimum Gasteiger partial charge on any atom is -0.249 e. The lowest BCUT2D eigenvalue weighted by atomic mass is 10.4. The Bertz CT molecular complexity index is 372. The van der Waals surface area contributed by atoms with Crippen LogP contribution in [0.5, 0.6) is 0 Å². The van der Waals surface area contributed by atoms with Gasteiger partial charge < -0.3 is 0 Å². The first-order valence-corrected chi connectivity index (χ1v) is 5.31. The zero-order valence-corrected chi connectivity index (χ0v) is 7.53. The van der Waals surface area contributed by atoms with E-state index in [4.69, 9.17) is 4.78 Å². The molecule has 0 radical (unpaired) electrons. The third-order valence-corrected chi connectivity index (χ3v) is 3.41. The fourth-order valence-electron chi connectivity index (χ4n) is 0.839. The van der Waals surface area contributed by atoms with Crippen LogP contribution >= 0.6 is 0 Å². The molecule has 0 spiro atoms. The van der Waals surface area contributed by atoms with Gasteiger partial charge in [-0.3, -0.25) is 0 Å². The quantitative estimate of drug-likeness (QED) is 0.758. The molecule has 0 aliphatic heterocycles. The van der Waals surface area contributed by atoms with Crippen LogP contribution < -0.4 is 0 Å². The summed E-state index contributed by atoms with van der Waals surface area (Å²) in [5.74, 6) is -0.225. The molecule has 1 atom stereocenters. The van der Waals surface area contributed by atoms with Crippen LogP contribution in [-0.4, -0.2) is 9.96 Å². The summed E-state index contributed by atoms with van der Waals surface area (Å²) < 4.78 is 31.4. The number of hydrogen-bond acceptors (Lipinski definition) is 2. The fraction of sp³-hybridized carbons (Fsp3) is 0.250. The van der Waals surface area contributed by atoms with Crippen molar-refractivity contribution in [3.63, 3.8) is 0 Å². The number of halogens is 1. The topological polar surface area (TPSA) is 40.9 Å². The monoisotopic (exact) mass is 187 g/mol. The molecule has 0 bridgehead atoms. The van der Waals surface area contributed by atoms with Crippen molar-refractivity contribution < 1.29 is 8.60 Å². The van der Waals surface area contributed by atoms with Crippen molar-refractivity contribution >= 4 is 9.73 Å². The Morgan fingerprint density at radius 3 is 2.75 bits per heavy atom. The highest BCUT2D eigenvalue weighted by Crippen LogP contribution is 2.12. The van der Waals surface area contributed by atoms with E-state index in [2.05, 4.69) is 0 Å². The maximum atomic E-state index is 12.6. The number of hydrogen-bond donors (Lipinski definition) is 1. The standard InChI is InChI=1S/C8H10FNOS/c1-2-12(10,11)8-5-3-4-7(9)6-8/h3-6,10H,2H2,1H3/t12-/m1/s1. The summed E-state index contributed by atoms with van der Waals surface area (Å²) in [4.78, 5) is 0.269. The van der Waals surface area contributed by atoms with Gasteiger partial charge in [0.1, 0.15) is 5.82 Å². The molecule has 1 N–H and O–H groups in total. The van der Waals surface area contributed by atoms with E-state index in [0.717, 1.165) is 6.07 Å². The average molecular weight is 187 g/mol. The first-order chi connectivity index (χ1) is 5.56. The molecule has 0 unspecified atom stereocenters. The van der Waals surface area contributed by atoms with Gasteiger partial charge in [0.25, 0.3) is 0 Å². The van der Waals surface area contributed by atoms with Crippen molar-refractivity contribution in [1.82, 2.24) is 0 Å². The van der Waals surface area contributed by atoms with E-state index in [1.54, 1.807) is 6.92 Å². The van der Waals surface area contributed by atoms with E-state index in [0.29, 0.717) is 0 Å². The minimum absolute atomic E-state index is 0.219. The predicted octanol–water partition coefficient (Wildman–Crippen LogP) is 2.25. The second kappa shape index (κ2) is 3.23. The fourth-order valence-corrected chi connectivity index (χ4v) is 1.77. The third-order valence-electron chi connectivity index (χ3n) is 1.58. The van der Waals surface area contributed by atoms with Gasteiger partial charge in [0, 0.05) is 5.75 Å². The Hall–Kier alpha value is -0.900. The molecule has 0 saturated carbocycles. The summed E-state index contributed by atoms with van der Waals surface area (Å²) in [6, 6.07) is 5.41. The molecule has 0 fully saturated rings.